The van der Waals surface area contributed by atoms with E-state index in [-0.39, 0.29) is 6.42 Å². The molecule has 7 heteroatoms. The van der Waals surface area contributed by atoms with Crippen LogP contribution in [0.4, 0.5) is 0 Å². The lowest BCUT2D eigenvalue weighted by Gasteiger charge is -2.20. The molecule has 2 N–H and O–H groups in total. The summed E-state index contributed by atoms with van der Waals surface area (Å²) < 4.78 is 28.3. The van der Waals surface area contributed by atoms with Gasteiger partial charge in [-0.2, -0.15) is 0 Å². The molecule has 0 aromatic heterocycles. The van der Waals surface area contributed by atoms with Crippen molar-refractivity contribution in [1.29, 1.82) is 0 Å². The Morgan fingerprint density at radius 1 is 1.64 bits per heavy atom. The van der Waals surface area contributed by atoms with Crippen molar-refractivity contribution >= 4 is 26.0 Å². The molecule has 0 spiro atoms. The van der Waals surface area contributed by atoms with Crippen LogP contribution in [0.1, 0.15) is 6.42 Å². The smallest absolute Gasteiger partial charge is 0.243 e. The summed E-state index contributed by atoms with van der Waals surface area (Å²) in [4.78, 5) is 1.30. The zero-order chi connectivity index (χ0) is 10.8. The normalized spacial score (nSPS) is 22.6. The molecule has 1 aliphatic carbocycles. The maximum Gasteiger partial charge on any atom is 0.243 e. The summed E-state index contributed by atoms with van der Waals surface area (Å²) in [6.07, 6.45) is 3.50. The van der Waals surface area contributed by atoms with Crippen molar-refractivity contribution in [3.05, 3.63) is 22.4 Å². The minimum atomic E-state index is -3.77. The fraction of sp³-hybridized carbons (Fsp3) is 0.429. The third-order valence-corrected chi connectivity index (χ3v) is 3.85. The van der Waals surface area contributed by atoms with Crippen LogP contribution in [0.5, 0.6) is 0 Å². The Morgan fingerprint density at radius 2 is 2.29 bits per heavy atom. The number of ether oxygens (including phenoxy) is 1. The van der Waals surface area contributed by atoms with Gasteiger partial charge in [-0.3, -0.25) is 0 Å². The second-order valence-electron chi connectivity index (χ2n) is 2.72. The van der Waals surface area contributed by atoms with Crippen molar-refractivity contribution in [1.82, 2.24) is 4.89 Å². The van der Waals surface area contributed by atoms with Gasteiger partial charge in [0, 0.05) is 6.42 Å². The molecule has 14 heavy (non-hydrogen) atoms. The van der Waals surface area contributed by atoms with Gasteiger partial charge in [-0.15, -0.1) is 0 Å². The maximum absolute atomic E-state index is 11.3. The molecule has 0 aromatic carbocycles. The number of hydrogen-bond donors (Lipinski definition) is 2. The van der Waals surface area contributed by atoms with Gasteiger partial charge in [0.05, 0.1) is 7.11 Å². The molecule has 0 radical (unpaired) electrons. The van der Waals surface area contributed by atoms with Gasteiger partial charge in [0.15, 0.2) is 0 Å². The highest BCUT2D eigenvalue weighted by molar-refractivity contribution is 9.11. The van der Waals surface area contributed by atoms with Crippen LogP contribution < -0.4 is 4.89 Å². The average Bonchev–Trinajstić information content (AvgIpc) is 2.18. The van der Waals surface area contributed by atoms with Gasteiger partial charge in [-0.05, 0) is 16.6 Å². The van der Waals surface area contributed by atoms with Crippen molar-refractivity contribution < 1.29 is 18.4 Å². The summed E-state index contributed by atoms with van der Waals surface area (Å²) >= 11 is 3.19. The first-order valence-electron chi connectivity index (χ1n) is 3.76. The van der Waals surface area contributed by atoms with Gasteiger partial charge in [0.25, 0.3) is 0 Å². The Kier molecular flexibility index (Phi) is 3.71. The third-order valence-electron chi connectivity index (χ3n) is 1.86. The Morgan fingerprint density at radius 3 is 2.79 bits per heavy atom. The largest absolute Gasteiger partial charge is 0.500 e. The van der Waals surface area contributed by atoms with E-state index in [9.17, 15) is 8.42 Å². The second-order valence-corrected chi connectivity index (χ2v) is 5.58. The molecule has 1 unspecified atom stereocenters. The number of allylic oxidation sites excluding steroid dienone is 3. The zero-order valence-electron chi connectivity index (χ0n) is 7.40. The van der Waals surface area contributed by atoms with Crippen LogP contribution in [0.2, 0.25) is 0 Å². The lowest BCUT2D eigenvalue weighted by atomic mass is 10.1. The van der Waals surface area contributed by atoms with Crippen LogP contribution in [0.25, 0.3) is 0 Å². The summed E-state index contributed by atoms with van der Waals surface area (Å²) in [5.74, 6) is 0.301. The molecule has 80 valence electrons. The summed E-state index contributed by atoms with van der Waals surface area (Å²) in [6, 6.07) is 0. The lowest BCUT2D eigenvalue weighted by Crippen LogP contribution is -2.35. The van der Waals surface area contributed by atoms with Gasteiger partial charge >= 0.3 is 0 Å². The van der Waals surface area contributed by atoms with E-state index >= 15 is 0 Å². The molecule has 0 saturated carbocycles. The van der Waals surface area contributed by atoms with Crippen LogP contribution >= 0.6 is 15.9 Å². The molecule has 0 aliphatic heterocycles. The predicted molar refractivity (Wildman–Crippen MR) is 54.3 cm³/mol. The molecule has 0 saturated heterocycles. The Bertz CT molecular complexity index is 373. The van der Waals surface area contributed by atoms with E-state index in [0.29, 0.717) is 5.76 Å². The Balaban J connectivity index is 3.02. The fourth-order valence-electron chi connectivity index (χ4n) is 1.15. The van der Waals surface area contributed by atoms with E-state index in [0.717, 1.165) is 4.48 Å². The molecular formula is C7H10BrNO4S. The number of rotatable bonds is 3. The highest BCUT2D eigenvalue weighted by atomic mass is 79.9. The van der Waals surface area contributed by atoms with Gasteiger partial charge < -0.3 is 9.94 Å². The summed E-state index contributed by atoms with van der Waals surface area (Å²) in [5.41, 5.74) is 0. The fourth-order valence-corrected chi connectivity index (χ4v) is 2.83. The summed E-state index contributed by atoms with van der Waals surface area (Å²) in [5, 5.41) is 7.60. The van der Waals surface area contributed by atoms with Crippen LogP contribution in [0, 0.1) is 0 Å². The predicted octanol–water partition coefficient (Wildman–Crippen LogP) is 0.876. The molecule has 0 bridgehead atoms. The van der Waals surface area contributed by atoms with E-state index in [4.69, 9.17) is 9.94 Å². The number of methoxy groups -OCH3 is 1. The maximum atomic E-state index is 11.3. The van der Waals surface area contributed by atoms with Gasteiger partial charge in [-0.25, -0.2) is 8.42 Å². The molecule has 1 aliphatic rings. The molecule has 1 rings (SSSR count). The molecular weight excluding hydrogens is 274 g/mol. The van der Waals surface area contributed by atoms with Gasteiger partial charge in [0.1, 0.15) is 11.0 Å². The highest BCUT2D eigenvalue weighted by Gasteiger charge is 2.31. The first-order valence-corrected chi connectivity index (χ1v) is 6.10. The monoisotopic (exact) mass is 283 g/mol. The van der Waals surface area contributed by atoms with E-state index in [1.165, 1.54) is 12.0 Å². The van der Waals surface area contributed by atoms with Crippen LogP contribution in [0.15, 0.2) is 22.4 Å². The van der Waals surface area contributed by atoms with Crippen LogP contribution in [-0.2, 0) is 14.8 Å². The van der Waals surface area contributed by atoms with Crippen molar-refractivity contribution in [2.75, 3.05) is 7.11 Å². The van der Waals surface area contributed by atoms with E-state index in [1.807, 2.05) is 0 Å². The standard InChI is InChI=1S/C7H10BrNO4S/c1-13-6-3-2-5(8)4-7(6)14(11,12)9-10/h2-3,7,9-10H,4H2,1H3. The number of halogens is 1. The molecule has 0 aromatic rings. The topological polar surface area (TPSA) is 75.6 Å². The molecule has 1 atom stereocenters. The van der Waals surface area contributed by atoms with Crippen molar-refractivity contribution in [3.63, 3.8) is 0 Å². The first kappa shape index (κ1) is 11.7. The molecule has 0 amide bonds. The molecule has 0 heterocycles. The second kappa shape index (κ2) is 4.43. The minimum absolute atomic E-state index is 0.246. The minimum Gasteiger partial charge on any atom is -0.500 e. The van der Waals surface area contributed by atoms with Crippen molar-refractivity contribution in [3.8, 4) is 0 Å². The highest BCUT2D eigenvalue weighted by Crippen LogP contribution is 2.27. The Hall–Kier alpha value is -0.370. The van der Waals surface area contributed by atoms with Crippen molar-refractivity contribution in [2.24, 2.45) is 0 Å². The first-order chi connectivity index (χ1) is 6.51. The number of sulfonamides is 1. The van der Waals surface area contributed by atoms with Crippen LogP contribution in [-0.4, -0.2) is 26.0 Å². The lowest BCUT2D eigenvalue weighted by molar-refractivity contribution is 0.234. The summed E-state index contributed by atoms with van der Waals surface area (Å²) in [6.45, 7) is 0. The van der Waals surface area contributed by atoms with Crippen LogP contribution in [0.3, 0.4) is 0 Å². The molecule has 0 fully saturated rings. The number of nitrogens with one attached hydrogen (secondary N) is 1. The van der Waals surface area contributed by atoms with Crippen molar-refractivity contribution in [2.45, 2.75) is 11.7 Å². The van der Waals surface area contributed by atoms with E-state index in [1.54, 1.807) is 12.2 Å². The quantitative estimate of drug-likeness (QED) is 0.754. The Labute approximate surface area is 90.6 Å². The number of hydrogen-bond acceptors (Lipinski definition) is 4. The SMILES string of the molecule is COC1=CC=C(Br)CC1S(=O)(=O)NO. The van der Waals surface area contributed by atoms with E-state index < -0.39 is 15.3 Å². The summed E-state index contributed by atoms with van der Waals surface area (Å²) in [7, 11) is -2.39. The van der Waals surface area contributed by atoms with E-state index in [2.05, 4.69) is 15.9 Å². The van der Waals surface area contributed by atoms with Gasteiger partial charge in [-0.1, -0.05) is 20.8 Å². The third kappa shape index (κ3) is 2.35. The van der Waals surface area contributed by atoms with Gasteiger partial charge in [0.2, 0.25) is 10.0 Å². The zero-order valence-corrected chi connectivity index (χ0v) is 9.80. The molecule has 5 nitrogen and oxygen atoms in total. The average molecular weight is 284 g/mol.